The van der Waals surface area contributed by atoms with Crippen LogP contribution in [0.25, 0.3) is 0 Å². The molecule has 0 atom stereocenters. The highest BCUT2D eigenvalue weighted by atomic mass is 35.5. The third-order valence-electron chi connectivity index (χ3n) is 0.954. The number of hydrogen-bond acceptors (Lipinski definition) is 0. The second-order valence-electron chi connectivity index (χ2n) is 1.58. The minimum Gasteiger partial charge on any atom is -0.363 e. The molecular formula is C5H5Cl2N. The first-order valence-corrected chi connectivity index (χ1v) is 2.96. The van der Waals surface area contributed by atoms with E-state index in [1.54, 1.807) is 6.20 Å². The smallest absolute Gasteiger partial charge is 0.0796 e. The van der Waals surface area contributed by atoms with Crippen LogP contribution in [0.4, 0.5) is 0 Å². The monoisotopic (exact) mass is 149 g/mol. The van der Waals surface area contributed by atoms with E-state index in [0.717, 1.165) is 5.69 Å². The average molecular weight is 150 g/mol. The van der Waals surface area contributed by atoms with Crippen molar-refractivity contribution in [2.24, 2.45) is 0 Å². The summed E-state index contributed by atoms with van der Waals surface area (Å²) in [5.41, 5.74) is 0.914. The predicted molar refractivity (Wildman–Crippen MR) is 35.5 cm³/mol. The van der Waals surface area contributed by atoms with Gasteiger partial charge in [0, 0.05) is 11.9 Å². The summed E-state index contributed by atoms with van der Waals surface area (Å²) in [7, 11) is 0. The molecule has 1 aromatic rings. The summed E-state index contributed by atoms with van der Waals surface area (Å²) < 4.78 is 0. The Hall–Kier alpha value is -0.140. The molecule has 1 aromatic heterocycles. The van der Waals surface area contributed by atoms with Gasteiger partial charge >= 0.3 is 0 Å². The van der Waals surface area contributed by atoms with Crippen molar-refractivity contribution < 1.29 is 0 Å². The molecule has 0 aliphatic heterocycles. The molecule has 0 bridgehead atoms. The van der Waals surface area contributed by atoms with E-state index >= 15 is 0 Å². The lowest BCUT2D eigenvalue weighted by Crippen LogP contribution is -1.64. The fourth-order valence-electron chi connectivity index (χ4n) is 0.477. The molecule has 1 rings (SSSR count). The molecule has 44 valence electrons. The van der Waals surface area contributed by atoms with E-state index in [-0.39, 0.29) is 0 Å². The molecule has 0 radical (unpaired) electrons. The molecule has 3 heteroatoms. The molecule has 1 heterocycles. The molecule has 0 aliphatic carbocycles. The van der Waals surface area contributed by atoms with Crippen LogP contribution in [0.3, 0.4) is 0 Å². The molecule has 0 aromatic carbocycles. The molecule has 8 heavy (non-hydrogen) atoms. The first kappa shape index (κ1) is 5.99. The second kappa shape index (κ2) is 2.00. The first-order chi connectivity index (χ1) is 3.72. The summed E-state index contributed by atoms with van der Waals surface area (Å²) in [4.78, 5) is 2.87. The fraction of sp³-hybridized carbons (Fsp3) is 0.200. The van der Waals surface area contributed by atoms with E-state index in [0.29, 0.717) is 10.0 Å². The van der Waals surface area contributed by atoms with E-state index in [1.807, 2.05) is 6.92 Å². The lowest BCUT2D eigenvalue weighted by Gasteiger charge is -1.81. The van der Waals surface area contributed by atoms with Gasteiger partial charge in [-0.2, -0.15) is 0 Å². The van der Waals surface area contributed by atoms with Crippen molar-refractivity contribution in [3.63, 3.8) is 0 Å². The summed E-state index contributed by atoms with van der Waals surface area (Å²) in [6, 6.07) is 0. The Balaban J connectivity index is 3.19. The number of hydrogen-bond donors (Lipinski definition) is 1. The molecule has 0 amide bonds. The van der Waals surface area contributed by atoms with Crippen molar-refractivity contribution in [3.8, 4) is 0 Å². The van der Waals surface area contributed by atoms with Gasteiger partial charge in [-0.1, -0.05) is 23.2 Å². The zero-order chi connectivity index (χ0) is 6.15. The van der Waals surface area contributed by atoms with Gasteiger partial charge < -0.3 is 4.98 Å². The standard InChI is InChI=1S/C5H5Cl2N/c1-3-5(7)4(6)2-8-3/h2,8H,1H3. The molecule has 0 fully saturated rings. The van der Waals surface area contributed by atoms with Crippen LogP contribution in [0.1, 0.15) is 5.69 Å². The van der Waals surface area contributed by atoms with Crippen LogP contribution in [0, 0.1) is 6.92 Å². The van der Waals surface area contributed by atoms with E-state index in [4.69, 9.17) is 23.2 Å². The van der Waals surface area contributed by atoms with Crippen LogP contribution in [0.5, 0.6) is 0 Å². The lowest BCUT2D eigenvalue weighted by atomic mass is 10.5. The molecule has 0 spiro atoms. The summed E-state index contributed by atoms with van der Waals surface area (Å²) in [5.74, 6) is 0. The minimum absolute atomic E-state index is 0.587. The van der Waals surface area contributed by atoms with Crippen LogP contribution < -0.4 is 0 Å². The number of aryl methyl sites for hydroxylation is 1. The van der Waals surface area contributed by atoms with Gasteiger partial charge in [-0.05, 0) is 6.92 Å². The minimum atomic E-state index is 0.587. The summed E-state index contributed by atoms with van der Waals surface area (Å²) in [6.07, 6.45) is 1.67. The van der Waals surface area contributed by atoms with Crippen molar-refractivity contribution in [2.45, 2.75) is 6.92 Å². The molecule has 0 aliphatic rings. The van der Waals surface area contributed by atoms with Crippen molar-refractivity contribution in [2.75, 3.05) is 0 Å². The molecular weight excluding hydrogens is 145 g/mol. The molecule has 1 N–H and O–H groups in total. The zero-order valence-electron chi connectivity index (χ0n) is 4.33. The summed E-state index contributed by atoms with van der Waals surface area (Å²) >= 11 is 11.2. The highest BCUT2D eigenvalue weighted by molar-refractivity contribution is 6.42. The normalized spacial score (nSPS) is 9.88. The van der Waals surface area contributed by atoms with E-state index in [2.05, 4.69) is 4.98 Å². The van der Waals surface area contributed by atoms with Crippen molar-refractivity contribution in [3.05, 3.63) is 21.9 Å². The Morgan fingerprint density at radius 1 is 1.50 bits per heavy atom. The van der Waals surface area contributed by atoms with Crippen LogP contribution in [-0.4, -0.2) is 4.98 Å². The van der Waals surface area contributed by atoms with Crippen molar-refractivity contribution in [1.82, 2.24) is 4.98 Å². The van der Waals surface area contributed by atoms with Crippen LogP contribution in [0.15, 0.2) is 6.20 Å². The van der Waals surface area contributed by atoms with E-state index in [1.165, 1.54) is 0 Å². The predicted octanol–water partition coefficient (Wildman–Crippen LogP) is 2.63. The summed E-state index contributed by atoms with van der Waals surface area (Å²) in [6.45, 7) is 1.87. The Morgan fingerprint density at radius 3 is 2.25 bits per heavy atom. The van der Waals surface area contributed by atoms with Crippen LogP contribution in [0.2, 0.25) is 10.0 Å². The Bertz CT molecular complexity index is 173. The zero-order valence-corrected chi connectivity index (χ0v) is 5.85. The third-order valence-corrected chi connectivity index (χ3v) is 1.84. The number of aromatic nitrogens is 1. The number of nitrogens with one attached hydrogen (secondary N) is 1. The first-order valence-electron chi connectivity index (χ1n) is 2.21. The molecule has 0 saturated heterocycles. The quantitative estimate of drug-likeness (QED) is 0.585. The Kier molecular flexibility index (Phi) is 1.49. The average Bonchev–Trinajstić information content (AvgIpc) is 1.98. The maximum Gasteiger partial charge on any atom is 0.0796 e. The van der Waals surface area contributed by atoms with E-state index in [9.17, 15) is 0 Å². The summed E-state index contributed by atoms with van der Waals surface area (Å²) in [5, 5.41) is 1.20. The van der Waals surface area contributed by atoms with E-state index < -0.39 is 0 Å². The molecule has 0 unspecified atom stereocenters. The van der Waals surface area contributed by atoms with Gasteiger partial charge in [0.25, 0.3) is 0 Å². The highest BCUT2D eigenvalue weighted by Gasteiger charge is 1.99. The van der Waals surface area contributed by atoms with Gasteiger partial charge in [-0.15, -0.1) is 0 Å². The van der Waals surface area contributed by atoms with Gasteiger partial charge in [-0.3, -0.25) is 0 Å². The number of halogens is 2. The van der Waals surface area contributed by atoms with Crippen LogP contribution in [-0.2, 0) is 0 Å². The second-order valence-corrected chi connectivity index (χ2v) is 2.36. The number of rotatable bonds is 0. The van der Waals surface area contributed by atoms with Crippen molar-refractivity contribution in [1.29, 1.82) is 0 Å². The van der Waals surface area contributed by atoms with Gasteiger partial charge in [0.15, 0.2) is 0 Å². The molecule has 0 saturated carbocycles. The number of H-pyrrole nitrogens is 1. The fourth-order valence-corrected chi connectivity index (χ4v) is 0.783. The Morgan fingerprint density at radius 2 is 2.12 bits per heavy atom. The third kappa shape index (κ3) is 0.837. The topological polar surface area (TPSA) is 15.8 Å². The van der Waals surface area contributed by atoms with Gasteiger partial charge in [-0.25, -0.2) is 0 Å². The van der Waals surface area contributed by atoms with Gasteiger partial charge in [0.05, 0.1) is 10.0 Å². The van der Waals surface area contributed by atoms with Gasteiger partial charge in [0.1, 0.15) is 0 Å². The highest BCUT2D eigenvalue weighted by Crippen LogP contribution is 2.23. The van der Waals surface area contributed by atoms with Gasteiger partial charge in [0.2, 0.25) is 0 Å². The molecule has 1 nitrogen and oxygen atoms in total. The maximum atomic E-state index is 5.63. The lowest BCUT2D eigenvalue weighted by molar-refractivity contribution is 1.27. The van der Waals surface area contributed by atoms with Crippen LogP contribution >= 0.6 is 23.2 Å². The Labute approximate surface area is 57.6 Å². The maximum absolute atomic E-state index is 5.63. The SMILES string of the molecule is Cc1[nH]cc(Cl)c1Cl. The largest absolute Gasteiger partial charge is 0.363 e. The number of aromatic amines is 1. The van der Waals surface area contributed by atoms with Crippen molar-refractivity contribution >= 4 is 23.2 Å².